The summed E-state index contributed by atoms with van der Waals surface area (Å²) in [5.74, 6) is -1.17. The molecule has 2 heterocycles. The molecule has 0 saturated carbocycles. The number of nitrogens with zero attached hydrogens (tertiary/aromatic N) is 2. The zero-order valence-electron chi connectivity index (χ0n) is 11.4. The lowest BCUT2D eigenvalue weighted by Gasteiger charge is -2.18. The summed E-state index contributed by atoms with van der Waals surface area (Å²) in [5, 5.41) is 18.9. The number of β-amino-alcohol motifs (C(OH)–C–C–N with tert-alkyl or cyclic N) is 1. The average Bonchev–Trinajstić information content (AvgIpc) is 2.92. The van der Waals surface area contributed by atoms with Gasteiger partial charge in [-0.1, -0.05) is 0 Å². The Balaban J connectivity index is 2.38. The minimum Gasteiger partial charge on any atom is -0.477 e. The maximum Gasteiger partial charge on any atom is 0.352 e. The molecule has 2 N–H and O–H groups in total. The van der Waals surface area contributed by atoms with Crippen LogP contribution >= 0.6 is 0 Å². The molecule has 2 rings (SSSR count). The van der Waals surface area contributed by atoms with Gasteiger partial charge in [-0.05, 0) is 26.3 Å². The zero-order chi connectivity index (χ0) is 15.1. The second-order valence-electron chi connectivity index (χ2n) is 5.24. The van der Waals surface area contributed by atoms with Crippen molar-refractivity contribution < 1.29 is 23.4 Å². The molecule has 0 spiro atoms. The van der Waals surface area contributed by atoms with Gasteiger partial charge in [-0.25, -0.2) is 13.2 Å². The fourth-order valence-corrected chi connectivity index (χ4v) is 3.92. The molecule has 1 aliphatic rings. The van der Waals surface area contributed by atoms with Crippen LogP contribution in [-0.2, 0) is 16.6 Å². The van der Waals surface area contributed by atoms with Crippen molar-refractivity contribution in [1.29, 1.82) is 0 Å². The van der Waals surface area contributed by atoms with Gasteiger partial charge in [-0.2, -0.15) is 4.31 Å². The fourth-order valence-electron chi connectivity index (χ4n) is 2.32. The number of aryl methyl sites for hydroxylation is 1. The Morgan fingerprint density at radius 1 is 1.50 bits per heavy atom. The summed E-state index contributed by atoms with van der Waals surface area (Å²) >= 11 is 0. The van der Waals surface area contributed by atoms with E-state index in [1.165, 1.54) is 15.1 Å². The highest BCUT2D eigenvalue weighted by atomic mass is 32.2. The summed E-state index contributed by atoms with van der Waals surface area (Å²) in [6, 6.07) is 1.16. The first-order valence-electron chi connectivity index (χ1n) is 6.33. The van der Waals surface area contributed by atoms with Crippen molar-refractivity contribution in [3.8, 4) is 0 Å². The van der Waals surface area contributed by atoms with Gasteiger partial charge in [0.15, 0.2) is 0 Å². The molecule has 0 radical (unpaired) electrons. The quantitative estimate of drug-likeness (QED) is 0.836. The third-order valence-corrected chi connectivity index (χ3v) is 5.30. The first-order valence-corrected chi connectivity index (χ1v) is 7.77. The number of aromatic carboxylic acids is 1. The second-order valence-corrected chi connectivity index (χ2v) is 7.18. The van der Waals surface area contributed by atoms with Gasteiger partial charge in [-0.3, -0.25) is 0 Å². The van der Waals surface area contributed by atoms with Crippen LogP contribution in [-0.4, -0.2) is 52.2 Å². The third kappa shape index (κ3) is 2.58. The van der Waals surface area contributed by atoms with Gasteiger partial charge in [-0.15, -0.1) is 0 Å². The van der Waals surface area contributed by atoms with Crippen molar-refractivity contribution in [1.82, 2.24) is 8.87 Å². The molecule has 1 saturated heterocycles. The van der Waals surface area contributed by atoms with Crippen LogP contribution in [0.5, 0.6) is 0 Å². The summed E-state index contributed by atoms with van der Waals surface area (Å²) in [4.78, 5) is 11.0. The van der Waals surface area contributed by atoms with Crippen LogP contribution in [0.25, 0.3) is 0 Å². The number of carbonyl (C=O) groups is 1. The summed E-state index contributed by atoms with van der Waals surface area (Å²) in [6.07, 6.45) is 1.69. The van der Waals surface area contributed by atoms with Gasteiger partial charge in [0.2, 0.25) is 10.0 Å². The zero-order valence-corrected chi connectivity index (χ0v) is 12.2. The molecular formula is C12H18N2O5S. The molecular weight excluding hydrogens is 284 g/mol. The van der Waals surface area contributed by atoms with Gasteiger partial charge in [0.05, 0.1) is 5.60 Å². The third-order valence-electron chi connectivity index (χ3n) is 3.49. The van der Waals surface area contributed by atoms with Crippen molar-refractivity contribution in [2.24, 2.45) is 0 Å². The SMILES string of the molecule is CCn1cc(S(=O)(=O)N2CCC(C)(O)C2)cc1C(=O)O. The van der Waals surface area contributed by atoms with Gasteiger partial charge < -0.3 is 14.8 Å². The molecule has 1 aromatic rings. The van der Waals surface area contributed by atoms with E-state index in [9.17, 15) is 18.3 Å². The molecule has 7 nitrogen and oxygen atoms in total. The summed E-state index contributed by atoms with van der Waals surface area (Å²) in [6.45, 7) is 3.95. The second kappa shape index (κ2) is 4.87. The lowest BCUT2D eigenvalue weighted by Crippen LogP contribution is -2.33. The predicted octanol–water partition coefficient (Wildman–Crippen LogP) is 0.352. The molecule has 1 aromatic heterocycles. The average molecular weight is 302 g/mol. The van der Waals surface area contributed by atoms with Crippen molar-refractivity contribution >= 4 is 16.0 Å². The summed E-state index contributed by atoms with van der Waals surface area (Å²) in [7, 11) is -3.77. The number of aromatic nitrogens is 1. The maximum absolute atomic E-state index is 12.4. The lowest BCUT2D eigenvalue weighted by atomic mass is 10.1. The van der Waals surface area contributed by atoms with Crippen LogP contribution in [0.1, 0.15) is 30.8 Å². The standard InChI is InChI=1S/C12H18N2O5S/c1-3-13-7-9(6-10(13)11(15)16)20(18,19)14-5-4-12(2,17)8-14/h6-7,17H,3-5,8H2,1-2H3,(H,15,16). The number of rotatable bonds is 4. The van der Waals surface area contributed by atoms with E-state index in [2.05, 4.69) is 0 Å². The largest absolute Gasteiger partial charge is 0.477 e. The van der Waals surface area contributed by atoms with Crippen LogP contribution in [0.3, 0.4) is 0 Å². The van der Waals surface area contributed by atoms with Gasteiger partial charge in [0.1, 0.15) is 10.6 Å². The molecule has 0 bridgehead atoms. The van der Waals surface area contributed by atoms with E-state index in [1.54, 1.807) is 13.8 Å². The molecule has 0 aliphatic carbocycles. The first kappa shape index (κ1) is 15.0. The number of aliphatic hydroxyl groups is 1. The fraction of sp³-hybridized carbons (Fsp3) is 0.583. The molecule has 0 aromatic carbocycles. The number of hydrogen-bond donors (Lipinski definition) is 2. The van der Waals surface area contributed by atoms with Gasteiger partial charge in [0.25, 0.3) is 0 Å². The normalized spacial score (nSPS) is 24.1. The van der Waals surface area contributed by atoms with Crippen LogP contribution in [0.15, 0.2) is 17.2 Å². The van der Waals surface area contributed by atoms with Crippen molar-refractivity contribution in [2.45, 2.75) is 37.3 Å². The molecule has 20 heavy (non-hydrogen) atoms. The number of hydrogen-bond acceptors (Lipinski definition) is 4. The number of sulfonamides is 1. The molecule has 8 heteroatoms. The Hall–Kier alpha value is -1.38. The summed E-state index contributed by atoms with van der Waals surface area (Å²) in [5.41, 5.74) is -1.09. The maximum atomic E-state index is 12.4. The Labute approximate surface area is 117 Å². The smallest absolute Gasteiger partial charge is 0.352 e. The van der Waals surface area contributed by atoms with Crippen LogP contribution in [0, 0.1) is 0 Å². The topological polar surface area (TPSA) is 99.8 Å². The Kier molecular flexibility index (Phi) is 3.66. The van der Waals surface area contributed by atoms with Gasteiger partial charge in [0, 0.05) is 25.8 Å². The minimum absolute atomic E-state index is 0.0229. The Bertz CT molecular complexity index is 632. The van der Waals surface area contributed by atoms with Crippen LogP contribution in [0.2, 0.25) is 0 Å². The highest BCUT2D eigenvalue weighted by Crippen LogP contribution is 2.27. The van der Waals surface area contributed by atoms with E-state index in [4.69, 9.17) is 5.11 Å². The molecule has 1 aliphatic heterocycles. The lowest BCUT2D eigenvalue weighted by molar-refractivity contribution is 0.0684. The van der Waals surface area contributed by atoms with Crippen LogP contribution < -0.4 is 0 Å². The first-order chi connectivity index (χ1) is 9.17. The predicted molar refractivity (Wildman–Crippen MR) is 71.1 cm³/mol. The molecule has 1 atom stereocenters. The van der Waals surface area contributed by atoms with E-state index in [1.807, 2.05) is 0 Å². The monoisotopic (exact) mass is 302 g/mol. The van der Waals surface area contributed by atoms with E-state index in [0.29, 0.717) is 13.0 Å². The van der Waals surface area contributed by atoms with Crippen LogP contribution in [0.4, 0.5) is 0 Å². The number of carboxylic acid groups (broad SMARTS) is 1. The van der Waals surface area contributed by atoms with Gasteiger partial charge >= 0.3 is 5.97 Å². The molecule has 0 amide bonds. The minimum atomic E-state index is -3.77. The molecule has 1 unspecified atom stereocenters. The van der Waals surface area contributed by atoms with E-state index < -0.39 is 21.6 Å². The van der Waals surface area contributed by atoms with Crippen molar-refractivity contribution in [2.75, 3.05) is 13.1 Å². The van der Waals surface area contributed by atoms with Crippen molar-refractivity contribution in [3.63, 3.8) is 0 Å². The van der Waals surface area contributed by atoms with Crippen molar-refractivity contribution in [3.05, 3.63) is 18.0 Å². The molecule has 112 valence electrons. The highest BCUT2D eigenvalue weighted by molar-refractivity contribution is 7.89. The highest BCUT2D eigenvalue weighted by Gasteiger charge is 2.39. The number of carboxylic acids is 1. The van der Waals surface area contributed by atoms with E-state index >= 15 is 0 Å². The van der Waals surface area contributed by atoms with E-state index in [-0.39, 0.29) is 23.7 Å². The van der Waals surface area contributed by atoms with E-state index in [0.717, 1.165) is 6.07 Å². The molecule has 1 fully saturated rings. The summed E-state index contributed by atoms with van der Waals surface area (Å²) < 4.78 is 27.4. The Morgan fingerprint density at radius 3 is 2.55 bits per heavy atom. The Morgan fingerprint density at radius 2 is 2.15 bits per heavy atom.